The summed E-state index contributed by atoms with van der Waals surface area (Å²) >= 11 is 0. The summed E-state index contributed by atoms with van der Waals surface area (Å²) in [6.45, 7) is 5.25. The maximum absolute atomic E-state index is 12.6. The molecule has 8 nitrogen and oxygen atoms in total. The maximum atomic E-state index is 12.6. The van der Waals surface area contributed by atoms with E-state index in [1.54, 1.807) is 15.8 Å². The van der Waals surface area contributed by atoms with E-state index in [1.807, 2.05) is 45.2 Å². The van der Waals surface area contributed by atoms with E-state index < -0.39 is 0 Å². The number of nitrogens with one attached hydrogen (secondary N) is 1. The van der Waals surface area contributed by atoms with Crippen LogP contribution in [0.4, 0.5) is 4.79 Å². The highest BCUT2D eigenvalue weighted by molar-refractivity contribution is 5.74. The number of carbonyl (C=O) groups is 1. The number of likely N-dealkylation sites (N-methyl/N-ethyl adjacent to an activating group) is 1. The molecule has 1 N–H and O–H groups in total. The molecule has 0 aliphatic carbocycles. The summed E-state index contributed by atoms with van der Waals surface area (Å²) in [4.78, 5) is 14.3. The van der Waals surface area contributed by atoms with Gasteiger partial charge in [0.2, 0.25) is 0 Å². The summed E-state index contributed by atoms with van der Waals surface area (Å²) in [6.07, 6.45) is 1.41. The van der Waals surface area contributed by atoms with Crippen molar-refractivity contribution in [2.45, 2.75) is 26.0 Å². The van der Waals surface area contributed by atoms with Crippen LogP contribution in [0, 0.1) is 0 Å². The Morgan fingerprint density at radius 2 is 2.20 bits per heavy atom. The van der Waals surface area contributed by atoms with Crippen LogP contribution in [0.25, 0.3) is 0 Å². The molecule has 134 valence electrons. The number of amides is 2. The highest BCUT2D eigenvalue weighted by atomic mass is 16.6. The minimum absolute atomic E-state index is 0.166. The summed E-state index contributed by atoms with van der Waals surface area (Å²) < 4.78 is 13.4. The van der Waals surface area contributed by atoms with Gasteiger partial charge in [0.15, 0.2) is 23.4 Å². The van der Waals surface area contributed by atoms with Gasteiger partial charge in [0.1, 0.15) is 12.9 Å². The Balaban J connectivity index is 1.59. The van der Waals surface area contributed by atoms with E-state index in [1.165, 1.54) is 0 Å². The van der Waals surface area contributed by atoms with Gasteiger partial charge in [-0.1, -0.05) is 12.1 Å². The van der Waals surface area contributed by atoms with Crippen LogP contribution in [0.3, 0.4) is 0 Å². The molecular formula is C17H23N5O3. The highest BCUT2D eigenvalue weighted by Gasteiger charge is 2.26. The molecule has 1 aliphatic heterocycles. The zero-order valence-corrected chi connectivity index (χ0v) is 14.7. The molecule has 2 unspecified atom stereocenters. The maximum Gasteiger partial charge on any atom is 0.318 e. The lowest BCUT2D eigenvalue weighted by Crippen LogP contribution is -2.48. The van der Waals surface area contributed by atoms with Gasteiger partial charge < -0.3 is 24.3 Å². The fourth-order valence-corrected chi connectivity index (χ4v) is 2.78. The molecule has 1 aromatic heterocycles. The SMILES string of the molecule is CCN(CC1COc2ccccc2O1)C(=O)NC(C)c1nncn1C. The van der Waals surface area contributed by atoms with E-state index in [2.05, 4.69) is 15.5 Å². The third-order valence-corrected chi connectivity index (χ3v) is 4.13. The number of hydrogen-bond donors (Lipinski definition) is 1. The molecule has 0 radical (unpaired) electrons. The largest absolute Gasteiger partial charge is 0.486 e. The van der Waals surface area contributed by atoms with Crippen molar-refractivity contribution in [3.05, 3.63) is 36.4 Å². The van der Waals surface area contributed by atoms with E-state index in [0.29, 0.717) is 31.3 Å². The topological polar surface area (TPSA) is 81.5 Å². The van der Waals surface area contributed by atoms with Crippen LogP contribution in [0.15, 0.2) is 30.6 Å². The zero-order valence-electron chi connectivity index (χ0n) is 14.7. The smallest absolute Gasteiger partial charge is 0.318 e. The van der Waals surface area contributed by atoms with Gasteiger partial charge in [-0.15, -0.1) is 10.2 Å². The third kappa shape index (κ3) is 3.84. The molecule has 1 aromatic carbocycles. The fourth-order valence-electron chi connectivity index (χ4n) is 2.78. The number of aryl methyl sites for hydroxylation is 1. The van der Waals surface area contributed by atoms with E-state index >= 15 is 0 Å². The number of urea groups is 1. The normalized spacial score (nSPS) is 17.0. The molecule has 2 heterocycles. The molecular weight excluding hydrogens is 322 g/mol. The van der Waals surface area contributed by atoms with E-state index in [0.717, 1.165) is 5.75 Å². The van der Waals surface area contributed by atoms with Crippen molar-refractivity contribution in [1.29, 1.82) is 0 Å². The zero-order chi connectivity index (χ0) is 17.8. The number of ether oxygens (including phenoxy) is 2. The molecule has 2 amide bonds. The van der Waals surface area contributed by atoms with Crippen molar-refractivity contribution < 1.29 is 14.3 Å². The summed E-state index contributed by atoms with van der Waals surface area (Å²) in [7, 11) is 1.85. The number of nitrogens with zero attached hydrogens (tertiary/aromatic N) is 4. The van der Waals surface area contributed by atoms with E-state index in [9.17, 15) is 4.79 Å². The van der Waals surface area contributed by atoms with Crippen molar-refractivity contribution in [3.63, 3.8) is 0 Å². The van der Waals surface area contributed by atoms with Gasteiger partial charge in [-0.05, 0) is 26.0 Å². The van der Waals surface area contributed by atoms with Crippen LogP contribution in [-0.4, -0.2) is 51.5 Å². The third-order valence-electron chi connectivity index (χ3n) is 4.13. The summed E-state index contributed by atoms with van der Waals surface area (Å²) in [5, 5.41) is 10.8. The lowest BCUT2D eigenvalue weighted by molar-refractivity contribution is 0.0671. The molecule has 0 saturated heterocycles. The van der Waals surface area contributed by atoms with Gasteiger partial charge in [-0.2, -0.15) is 0 Å². The highest BCUT2D eigenvalue weighted by Crippen LogP contribution is 2.31. The Bertz CT molecular complexity index is 733. The monoisotopic (exact) mass is 345 g/mol. The summed E-state index contributed by atoms with van der Waals surface area (Å²) in [5.41, 5.74) is 0. The molecule has 2 atom stereocenters. The number of fused-ring (bicyclic) bond motifs is 1. The Morgan fingerprint density at radius 3 is 2.88 bits per heavy atom. The van der Waals surface area contributed by atoms with Crippen LogP contribution in [-0.2, 0) is 7.05 Å². The van der Waals surface area contributed by atoms with Crippen molar-refractivity contribution in [1.82, 2.24) is 25.0 Å². The molecule has 2 aromatic rings. The Labute approximate surface area is 146 Å². The molecule has 0 bridgehead atoms. The second-order valence-electron chi connectivity index (χ2n) is 6.01. The van der Waals surface area contributed by atoms with Gasteiger partial charge in [0.25, 0.3) is 0 Å². The minimum atomic E-state index is -0.238. The number of rotatable bonds is 5. The quantitative estimate of drug-likeness (QED) is 0.893. The molecule has 3 rings (SSSR count). The van der Waals surface area contributed by atoms with Gasteiger partial charge in [0.05, 0.1) is 12.6 Å². The number of para-hydroxylation sites is 2. The average Bonchev–Trinajstić information content (AvgIpc) is 3.05. The predicted molar refractivity (Wildman–Crippen MR) is 91.5 cm³/mol. The summed E-state index contributed by atoms with van der Waals surface area (Å²) in [5.74, 6) is 2.15. The molecule has 0 spiro atoms. The minimum Gasteiger partial charge on any atom is -0.486 e. The Hall–Kier alpha value is -2.77. The van der Waals surface area contributed by atoms with Crippen LogP contribution in [0.5, 0.6) is 11.5 Å². The van der Waals surface area contributed by atoms with Crippen molar-refractivity contribution >= 4 is 6.03 Å². The number of hydrogen-bond acceptors (Lipinski definition) is 5. The lowest BCUT2D eigenvalue weighted by Gasteiger charge is -2.31. The standard InChI is InChI=1S/C17H23N5O3/c1-4-22(17(23)19-12(2)16-20-18-11-21(16)3)9-13-10-24-14-7-5-6-8-15(14)25-13/h5-8,11-13H,4,9-10H2,1-3H3,(H,19,23). The van der Waals surface area contributed by atoms with Crippen LogP contribution >= 0.6 is 0 Å². The lowest BCUT2D eigenvalue weighted by atomic mass is 10.2. The first-order valence-electron chi connectivity index (χ1n) is 8.36. The number of benzene rings is 1. The van der Waals surface area contributed by atoms with Crippen molar-refractivity contribution in [3.8, 4) is 11.5 Å². The van der Waals surface area contributed by atoms with Gasteiger partial charge in [0, 0.05) is 13.6 Å². The first-order valence-corrected chi connectivity index (χ1v) is 8.36. The van der Waals surface area contributed by atoms with Crippen LogP contribution in [0.1, 0.15) is 25.7 Å². The predicted octanol–water partition coefficient (Wildman–Crippen LogP) is 1.75. The molecule has 25 heavy (non-hydrogen) atoms. The van der Waals surface area contributed by atoms with Gasteiger partial charge in [-0.25, -0.2) is 4.79 Å². The second-order valence-corrected chi connectivity index (χ2v) is 6.01. The van der Waals surface area contributed by atoms with Crippen molar-refractivity contribution in [2.75, 3.05) is 19.7 Å². The van der Waals surface area contributed by atoms with E-state index in [4.69, 9.17) is 9.47 Å². The molecule has 0 saturated carbocycles. The fraction of sp³-hybridized carbons (Fsp3) is 0.471. The van der Waals surface area contributed by atoms with Gasteiger partial charge in [-0.3, -0.25) is 0 Å². The Morgan fingerprint density at radius 1 is 1.44 bits per heavy atom. The second kappa shape index (κ2) is 7.42. The first kappa shape index (κ1) is 17.1. The molecule has 8 heteroatoms. The first-order chi connectivity index (χ1) is 12.1. The number of carbonyl (C=O) groups excluding carboxylic acids is 1. The molecule has 1 aliphatic rings. The number of aromatic nitrogens is 3. The van der Waals surface area contributed by atoms with Crippen molar-refractivity contribution in [2.24, 2.45) is 7.05 Å². The average molecular weight is 345 g/mol. The van der Waals surface area contributed by atoms with Crippen LogP contribution < -0.4 is 14.8 Å². The van der Waals surface area contributed by atoms with Crippen LogP contribution in [0.2, 0.25) is 0 Å². The van der Waals surface area contributed by atoms with E-state index in [-0.39, 0.29) is 18.2 Å². The Kier molecular flexibility index (Phi) is 5.06. The molecule has 0 fully saturated rings. The summed E-state index contributed by atoms with van der Waals surface area (Å²) in [6, 6.07) is 7.14. The van der Waals surface area contributed by atoms with Gasteiger partial charge >= 0.3 is 6.03 Å².